The van der Waals surface area contributed by atoms with Crippen molar-refractivity contribution < 1.29 is 18.7 Å². The van der Waals surface area contributed by atoms with Gasteiger partial charge in [0, 0.05) is 5.39 Å². The molecule has 0 radical (unpaired) electrons. The molecular formula is C19H17N3O4. The maximum absolute atomic E-state index is 12.3. The van der Waals surface area contributed by atoms with Gasteiger partial charge in [0.1, 0.15) is 11.3 Å². The Morgan fingerprint density at radius 1 is 1.15 bits per heavy atom. The van der Waals surface area contributed by atoms with Gasteiger partial charge in [0.05, 0.1) is 20.4 Å². The Kier molecular flexibility index (Phi) is 4.98. The zero-order valence-corrected chi connectivity index (χ0v) is 14.3. The molecule has 0 atom stereocenters. The standard InChI is InChI=1S/C19H17N3O4/c1-24-14-8-6-12(7-9-14)11-21-22-19(23)15-10-13-4-3-5-16(25-2)17(13)26-18(15)20/h3-11,20H,1-2H3,(H,22,23)/b20-18?,21-11-. The number of ether oxygens (including phenoxy) is 2. The van der Waals surface area contributed by atoms with Crippen LogP contribution in [0.4, 0.5) is 0 Å². The fourth-order valence-corrected chi connectivity index (χ4v) is 2.38. The smallest absolute Gasteiger partial charge is 0.276 e. The van der Waals surface area contributed by atoms with Gasteiger partial charge in [0.25, 0.3) is 5.91 Å². The molecule has 0 aliphatic rings. The number of nitrogens with zero attached hydrogens (tertiary/aromatic N) is 1. The van der Waals surface area contributed by atoms with Crippen LogP contribution in [-0.4, -0.2) is 26.3 Å². The monoisotopic (exact) mass is 351 g/mol. The van der Waals surface area contributed by atoms with Crippen LogP contribution in [0.3, 0.4) is 0 Å². The van der Waals surface area contributed by atoms with Crippen molar-refractivity contribution >= 4 is 23.1 Å². The van der Waals surface area contributed by atoms with Gasteiger partial charge in [-0.05, 0) is 42.0 Å². The van der Waals surface area contributed by atoms with Crippen LogP contribution < -0.4 is 20.5 Å². The molecule has 7 nitrogen and oxygen atoms in total. The first-order valence-electron chi connectivity index (χ1n) is 7.75. The normalized spacial score (nSPS) is 10.8. The molecule has 0 saturated carbocycles. The quantitative estimate of drug-likeness (QED) is 0.545. The van der Waals surface area contributed by atoms with E-state index >= 15 is 0 Å². The van der Waals surface area contributed by atoms with E-state index in [0.717, 1.165) is 11.3 Å². The molecule has 1 aromatic heterocycles. The summed E-state index contributed by atoms with van der Waals surface area (Å²) in [5, 5.41) is 12.5. The third kappa shape index (κ3) is 3.56. The van der Waals surface area contributed by atoms with Gasteiger partial charge < -0.3 is 13.9 Å². The number of nitrogens with one attached hydrogen (secondary N) is 2. The first kappa shape index (κ1) is 17.2. The second-order valence-electron chi connectivity index (χ2n) is 5.34. The number of fused-ring (bicyclic) bond motifs is 1. The Labute approximate surface area is 149 Å². The molecule has 0 saturated heterocycles. The van der Waals surface area contributed by atoms with Gasteiger partial charge in [-0.25, -0.2) is 5.43 Å². The fourth-order valence-electron chi connectivity index (χ4n) is 2.38. The van der Waals surface area contributed by atoms with Crippen molar-refractivity contribution in [3.63, 3.8) is 0 Å². The number of methoxy groups -OCH3 is 2. The predicted molar refractivity (Wildman–Crippen MR) is 96.7 cm³/mol. The molecule has 132 valence electrons. The topological polar surface area (TPSA) is 96.9 Å². The average molecular weight is 351 g/mol. The minimum Gasteiger partial charge on any atom is -0.497 e. The molecular weight excluding hydrogens is 334 g/mol. The highest BCUT2D eigenvalue weighted by Gasteiger charge is 2.13. The molecule has 3 aromatic rings. The number of hydrogen-bond acceptors (Lipinski definition) is 6. The lowest BCUT2D eigenvalue weighted by Gasteiger charge is -2.06. The van der Waals surface area contributed by atoms with Crippen LogP contribution in [0.25, 0.3) is 11.0 Å². The largest absolute Gasteiger partial charge is 0.497 e. The van der Waals surface area contributed by atoms with E-state index in [1.165, 1.54) is 13.3 Å². The van der Waals surface area contributed by atoms with Gasteiger partial charge in [0.15, 0.2) is 11.3 Å². The fraction of sp³-hybridized carbons (Fsp3) is 0.105. The number of para-hydroxylation sites is 1. The molecule has 0 unspecified atom stereocenters. The van der Waals surface area contributed by atoms with Crippen LogP contribution >= 0.6 is 0 Å². The van der Waals surface area contributed by atoms with Crippen molar-refractivity contribution in [3.05, 3.63) is 65.2 Å². The molecule has 2 aromatic carbocycles. The van der Waals surface area contributed by atoms with E-state index in [1.807, 2.05) is 12.1 Å². The summed E-state index contributed by atoms with van der Waals surface area (Å²) >= 11 is 0. The Bertz CT molecular complexity index is 1020. The Morgan fingerprint density at radius 3 is 2.62 bits per heavy atom. The van der Waals surface area contributed by atoms with Crippen LogP contribution in [-0.2, 0) is 0 Å². The molecule has 7 heteroatoms. The second kappa shape index (κ2) is 7.52. The number of hydrazone groups is 1. The number of carbonyl (C=O) groups is 1. The Balaban J connectivity index is 1.80. The van der Waals surface area contributed by atoms with E-state index in [9.17, 15) is 4.79 Å². The van der Waals surface area contributed by atoms with Crippen molar-refractivity contribution in [2.75, 3.05) is 14.2 Å². The number of benzene rings is 2. The molecule has 0 aliphatic heterocycles. The predicted octanol–water partition coefficient (Wildman–Crippen LogP) is 2.69. The third-order valence-corrected chi connectivity index (χ3v) is 3.72. The summed E-state index contributed by atoms with van der Waals surface area (Å²) < 4.78 is 15.7. The van der Waals surface area contributed by atoms with Gasteiger partial charge in [-0.15, -0.1) is 0 Å². The lowest BCUT2D eigenvalue weighted by Crippen LogP contribution is -2.24. The summed E-state index contributed by atoms with van der Waals surface area (Å²) in [5.74, 6) is 0.701. The summed E-state index contributed by atoms with van der Waals surface area (Å²) in [7, 11) is 3.11. The Morgan fingerprint density at radius 2 is 1.92 bits per heavy atom. The molecule has 26 heavy (non-hydrogen) atoms. The van der Waals surface area contributed by atoms with Crippen LogP contribution in [0.1, 0.15) is 15.9 Å². The van der Waals surface area contributed by atoms with Crippen LogP contribution in [0.5, 0.6) is 11.5 Å². The van der Waals surface area contributed by atoms with E-state index in [-0.39, 0.29) is 11.1 Å². The molecule has 0 fully saturated rings. The van der Waals surface area contributed by atoms with E-state index in [0.29, 0.717) is 16.7 Å². The maximum Gasteiger partial charge on any atom is 0.276 e. The first-order chi connectivity index (χ1) is 12.6. The summed E-state index contributed by atoms with van der Waals surface area (Å²) in [6.45, 7) is 0. The third-order valence-electron chi connectivity index (χ3n) is 3.72. The average Bonchev–Trinajstić information content (AvgIpc) is 2.67. The van der Waals surface area contributed by atoms with Crippen LogP contribution in [0.15, 0.2) is 58.0 Å². The van der Waals surface area contributed by atoms with Crippen molar-refractivity contribution in [2.24, 2.45) is 5.10 Å². The number of amides is 1. The highest BCUT2D eigenvalue weighted by atomic mass is 16.5. The second-order valence-corrected chi connectivity index (χ2v) is 5.34. The molecule has 2 N–H and O–H groups in total. The summed E-state index contributed by atoms with van der Waals surface area (Å²) in [5.41, 5.74) is 3.43. The minimum atomic E-state index is -0.534. The molecule has 0 bridgehead atoms. The summed E-state index contributed by atoms with van der Waals surface area (Å²) in [6.07, 6.45) is 1.50. The van der Waals surface area contributed by atoms with Gasteiger partial charge in [-0.2, -0.15) is 5.10 Å². The van der Waals surface area contributed by atoms with E-state index < -0.39 is 5.91 Å². The van der Waals surface area contributed by atoms with Crippen LogP contribution in [0, 0.1) is 5.41 Å². The molecule has 0 aliphatic carbocycles. The molecule has 3 rings (SSSR count). The van der Waals surface area contributed by atoms with Gasteiger partial charge in [-0.3, -0.25) is 10.2 Å². The van der Waals surface area contributed by atoms with Crippen molar-refractivity contribution in [1.82, 2.24) is 5.43 Å². The summed E-state index contributed by atoms with van der Waals surface area (Å²) in [4.78, 5) is 12.3. The van der Waals surface area contributed by atoms with Gasteiger partial charge in [-0.1, -0.05) is 12.1 Å². The molecule has 0 spiro atoms. The molecule has 1 amide bonds. The zero-order chi connectivity index (χ0) is 18.5. The van der Waals surface area contributed by atoms with Gasteiger partial charge in [0.2, 0.25) is 5.55 Å². The minimum absolute atomic E-state index is 0.0811. The van der Waals surface area contributed by atoms with Crippen molar-refractivity contribution in [3.8, 4) is 11.5 Å². The first-order valence-corrected chi connectivity index (χ1v) is 7.75. The number of hydrogen-bond donors (Lipinski definition) is 2. The zero-order valence-electron chi connectivity index (χ0n) is 14.3. The number of rotatable bonds is 5. The van der Waals surface area contributed by atoms with Crippen LogP contribution in [0.2, 0.25) is 0 Å². The van der Waals surface area contributed by atoms with E-state index in [1.54, 1.807) is 43.5 Å². The number of carbonyl (C=O) groups excluding carboxylic acids is 1. The summed E-state index contributed by atoms with van der Waals surface area (Å²) in [6, 6.07) is 14.1. The highest BCUT2D eigenvalue weighted by Crippen LogP contribution is 2.24. The van der Waals surface area contributed by atoms with E-state index in [2.05, 4.69) is 10.5 Å². The lowest BCUT2D eigenvalue weighted by molar-refractivity contribution is 0.0951. The lowest BCUT2D eigenvalue weighted by atomic mass is 10.1. The SMILES string of the molecule is COc1ccc(/C=N\NC(=O)c2cc3cccc(OC)c3oc2=N)cc1. The van der Waals surface area contributed by atoms with Crippen molar-refractivity contribution in [1.29, 1.82) is 5.41 Å². The van der Waals surface area contributed by atoms with Gasteiger partial charge >= 0.3 is 0 Å². The van der Waals surface area contributed by atoms with E-state index in [4.69, 9.17) is 19.3 Å². The van der Waals surface area contributed by atoms with Crippen molar-refractivity contribution in [2.45, 2.75) is 0 Å². The maximum atomic E-state index is 12.3. The molecule has 1 heterocycles. The Hall–Kier alpha value is -3.61. The highest BCUT2D eigenvalue weighted by molar-refractivity contribution is 5.97.